The van der Waals surface area contributed by atoms with Crippen molar-refractivity contribution in [2.24, 2.45) is 5.73 Å². The first-order chi connectivity index (χ1) is 10.2. The fourth-order valence-electron chi connectivity index (χ4n) is 2.27. The minimum Gasteiger partial charge on any atom is -0.491 e. The van der Waals surface area contributed by atoms with Crippen molar-refractivity contribution in [3.8, 4) is 5.75 Å². The summed E-state index contributed by atoms with van der Waals surface area (Å²) >= 11 is 0. The van der Waals surface area contributed by atoms with E-state index in [-0.39, 0.29) is 24.9 Å². The molecule has 2 N–H and O–H groups in total. The Hall–Kier alpha value is -2.08. The first-order valence-corrected chi connectivity index (χ1v) is 7.12. The molecule has 2 amide bonds. The summed E-state index contributed by atoms with van der Waals surface area (Å²) in [6, 6.07) is 7.54. The van der Waals surface area contributed by atoms with Crippen LogP contribution in [0.5, 0.6) is 5.75 Å². The number of benzene rings is 1. The van der Waals surface area contributed by atoms with Crippen molar-refractivity contribution in [1.82, 2.24) is 9.80 Å². The van der Waals surface area contributed by atoms with Crippen LogP contribution in [0, 0.1) is 0 Å². The van der Waals surface area contributed by atoms with Gasteiger partial charge in [-0.25, -0.2) is 0 Å². The first-order valence-electron chi connectivity index (χ1n) is 7.12. The fraction of sp³-hybridized carbons (Fsp3) is 0.467. The van der Waals surface area contributed by atoms with Gasteiger partial charge in [0.2, 0.25) is 11.8 Å². The number of ether oxygens (including phenoxy) is 1. The molecule has 0 saturated carbocycles. The van der Waals surface area contributed by atoms with E-state index in [9.17, 15) is 9.59 Å². The van der Waals surface area contributed by atoms with Gasteiger partial charge in [0.15, 0.2) is 0 Å². The number of nitrogens with zero attached hydrogens (tertiary/aromatic N) is 2. The van der Waals surface area contributed by atoms with E-state index in [1.54, 1.807) is 9.80 Å². The molecule has 1 aromatic carbocycles. The SMILES string of the molecule is CCN1CC(=O)N(CCOc2ccccc2CN)CC1=O. The maximum absolute atomic E-state index is 11.9. The zero-order chi connectivity index (χ0) is 15.2. The first kappa shape index (κ1) is 15.3. The highest BCUT2D eigenvalue weighted by atomic mass is 16.5. The van der Waals surface area contributed by atoms with Crippen LogP contribution in [0.25, 0.3) is 0 Å². The van der Waals surface area contributed by atoms with Gasteiger partial charge in [-0.1, -0.05) is 18.2 Å². The number of hydrogen-bond acceptors (Lipinski definition) is 4. The Morgan fingerprint density at radius 1 is 1.14 bits per heavy atom. The van der Waals surface area contributed by atoms with Crippen LogP contribution in [0.1, 0.15) is 12.5 Å². The second-order valence-electron chi connectivity index (χ2n) is 4.88. The Morgan fingerprint density at radius 3 is 2.52 bits per heavy atom. The quantitative estimate of drug-likeness (QED) is 0.813. The van der Waals surface area contributed by atoms with E-state index in [1.165, 1.54) is 0 Å². The van der Waals surface area contributed by atoms with Crippen LogP contribution >= 0.6 is 0 Å². The Labute approximate surface area is 124 Å². The van der Waals surface area contributed by atoms with Gasteiger partial charge < -0.3 is 20.3 Å². The van der Waals surface area contributed by atoms with Gasteiger partial charge in [0.25, 0.3) is 0 Å². The molecule has 0 spiro atoms. The van der Waals surface area contributed by atoms with Gasteiger partial charge in [0, 0.05) is 18.7 Å². The number of piperazine rings is 1. The van der Waals surface area contributed by atoms with Crippen LogP contribution in [0.4, 0.5) is 0 Å². The molecule has 21 heavy (non-hydrogen) atoms. The van der Waals surface area contributed by atoms with E-state index >= 15 is 0 Å². The molecule has 6 heteroatoms. The van der Waals surface area contributed by atoms with Gasteiger partial charge in [0.1, 0.15) is 12.4 Å². The zero-order valence-electron chi connectivity index (χ0n) is 12.2. The maximum Gasteiger partial charge on any atom is 0.242 e. The molecule has 0 aliphatic carbocycles. The molecule has 6 nitrogen and oxygen atoms in total. The molecular weight excluding hydrogens is 270 g/mol. The minimum atomic E-state index is -0.0350. The van der Waals surface area contributed by atoms with E-state index < -0.39 is 0 Å². The lowest BCUT2D eigenvalue weighted by atomic mass is 10.2. The van der Waals surface area contributed by atoms with E-state index in [0.29, 0.717) is 26.2 Å². The van der Waals surface area contributed by atoms with Crippen molar-refractivity contribution in [2.45, 2.75) is 13.5 Å². The standard InChI is InChI=1S/C15H21N3O3/c1-2-17-10-15(20)18(11-14(17)19)7-8-21-13-6-4-3-5-12(13)9-16/h3-6H,2,7-11,16H2,1H3. The summed E-state index contributed by atoms with van der Waals surface area (Å²) in [5, 5.41) is 0. The monoisotopic (exact) mass is 291 g/mol. The summed E-state index contributed by atoms with van der Waals surface area (Å²) < 4.78 is 5.67. The fourth-order valence-corrected chi connectivity index (χ4v) is 2.27. The molecule has 0 atom stereocenters. The molecule has 1 saturated heterocycles. The molecule has 1 heterocycles. The summed E-state index contributed by atoms with van der Waals surface area (Å²) in [6.45, 7) is 3.89. The molecule has 0 radical (unpaired) electrons. The third-order valence-electron chi connectivity index (χ3n) is 3.55. The molecule has 2 rings (SSSR count). The number of hydrogen-bond donors (Lipinski definition) is 1. The van der Waals surface area contributed by atoms with E-state index in [2.05, 4.69) is 0 Å². The summed E-state index contributed by atoms with van der Waals surface area (Å²) in [5.41, 5.74) is 6.57. The number of para-hydroxylation sites is 1. The number of likely N-dealkylation sites (N-methyl/N-ethyl adjacent to an activating group) is 1. The van der Waals surface area contributed by atoms with Gasteiger partial charge in [-0.05, 0) is 13.0 Å². The number of rotatable bonds is 6. The van der Waals surface area contributed by atoms with Crippen LogP contribution in [0.15, 0.2) is 24.3 Å². The second-order valence-corrected chi connectivity index (χ2v) is 4.88. The van der Waals surface area contributed by atoms with Crippen LogP contribution in [-0.4, -0.2) is 54.4 Å². The van der Waals surface area contributed by atoms with Gasteiger partial charge in [-0.15, -0.1) is 0 Å². The third kappa shape index (κ3) is 3.72. The Bertz CT molecular complexity index is 519. The minimum absolute atomic E-state index is 0.0144. The van der Waals surface area contributed by atoms with Crippen molar-refractivity contribution in [3.05, 3.63) is 29.8 Å². The third-order valence-corrected chi connectivity index (χ3v) is 3.55. The van der Waals surface area contributed by atoms with Crippen molar-refractivity contribution < 1.29 is 14.3 Å². The largest absolute Gasteiger partial charge is 0.491 e. The Kier molecular flexibility index (Phi) is 5.16. The molecule has 0 aromatic heterocycles. The number of carbonyl (C=O) groups excluding carboxylic acids is 2. The Balaban J connectivity index is 1.86. The van der Waals surface area contributed by atoms with Crippen molar-refractivity contribution >= 4 is 11.8 Å². The van der Waals surface area contributed by atoms with Crippen LogP contribution < -0.4 is 10.5 Å². The lowest BCUT2D eigenvalue weighted by molar-refractivity contribution is -0.150. The Morgan fingerprint density at radius 2 is 1.81 bits per heavy atom. The lowest BCUT2D eigenvalue weighted by Gasteiger charge is -2.33. The summed E-state index contributed by atoms with van der Waals surface area (Å²) in [5.74, 6) is 0.678. The molecule has 1 aliphatic rings. The molecular formula is C15H21N3O3. The number of amides is 2. The predicted molar refractivity (Wildman–Crippen MR) is 78.7 cm³/mol. The maximum atomic E-state index is 11.9. The van der Waals surface area contributed by atoms with Crippen molar-refractivity contribution in [2.75, 3.05) is 32.8 Å². The highest BCUT2D eigenvalue weighted by molar-refractivity contribution is 5.92. The van der Waals surface area contributed by atoms with Gasteiger partial charge >= 0.3 is 0 Å². The lowest BCUT2D eigenvalue weighted by Crippen LogP contribution is -2.54. The van der Waals surface area contributed by atoms with Gasteiger partial charge in [-0.2, -0.15) is 0 Å². The zero-order valence-corrected chi connectivity index (χ0v) is 12.2. The summed E-state index contributed by atoms with van der Waals surface area (Å²) in [4.78, 5) is 26.8. The average molecular weight is 291 g/mol. The van der Waals surface area contributed by atoms with Crippen molar-refractivity contribution in [1.29, 1.82) is 0 Å². The highest BCUT2D eigenvalue weighted by Gasteiger charge is 2.28. The van der Waals surface area contributed by atoms with E-state index in [0.717, 1.165) is 11.3 Å². The van der Waals surface area contributed by atoms with Crippen LogP contribution in [-0.2, 0) is 16.1 Å². The smallest absolute Gasteiger partial charge is 0.242 e. The second kappa shape index (κ2) is 7.08. The molecule has 0 unspecified atom stereocenters. The van der Waals surface area contributed by atoms with Gasteiger partial charge in [0.05, 0.1) is 19.6 Å². The summed E-state index contributed by atoms with van der Waals surface area (Å²) in [6.07, 6.45) is 0. The van der Waals surface area contributed by atoms with Gasteiger partial charge in [-0.3, -0.25) is 9.59 Å². The molecule has 1 fully saturated rings. The predicted octanol–water partition coefficient (Wildman–Crippen LogP) is 0.215. The topological polar surface area (TPSA) is 75.9 Å². The van der Waals surface area contributed by atoms with Crippen LogP contribution in [0.3, 0.4) is 0 Å². The van der Waals surface area contributed by atoms with Crippen molar-refractivity contribution in [3.63, 3.8) is 0 Å². The normalized spacial score (nSPS) is 15.5. The van der Waals surface area contributed by atoms with E-state index in [1.807, 2.05) is 31.2 Å². The van der Waals surface area contributed by atoms with E-state index in [4.69, 9.17) is 10.5 Å². The number of nitrogens with two attached hydrogens (primary N) is 1. The molecule has 1 aliphatic heterocycles. The average Bonchev–Trinajstić information content (AvgIpc) is 2.50. The molecule has 114 valence electrons. The molecule has 0 bridgehead atoms. The molecule has 1 aromatic rings. The summed E-state index contributed by atoms with van der Waals surface area (Å²) in [7, 11) is 0. The van der Waals surface area contributed by atoms with Crippen LogP contribution in [0.2, 0.25) is 0 Å². The highest BCUT2D eigenvalue weighted by Crippen LogP contribution is 2.17. The number of carbonyl (C=O) groups is 2.